The second-order valence-corrected chi connectivity index (χ2v) is 10.3. The van der Waals surface area contributed by atoms with Gasteiger partial charge in [-0.1, -0.05) is 48.0 Å². The Bertz CT molecular complexity index is 1430. The van der Waals surface area contributed by atoms with Crippen LogP contribution in [0.1, 0.15) is 22.5 Å². The molecule has 1 N–H and O–H groups in total. The molecule has 35 heavy (non-hydrogen) atoms. The summed E-state index contributed by atoms with van der Waals surface area (Å²) in [6, 6.07) is 21.5. The van der Waals surface area contributed by atoms with Crippen LogP contribution in [0.4, 0.5) is 5.69 Å². The number of para-hydroxylation sites is 1. The summed E-state index contributed by atoms with van der Waals surface area (Å²) in [5.41, 5.74) is 4.08. The third-order valence-corrected chi connectivity index (χ3v) is 7.58. The van der Waals surface area contributed by atoms with Crippen molar-refractivity contribution in [2.24, 2.45) is 0 Å². The number of carbonyl (C=O) groups excluding carboxylic acids is 1. The smallest absolute Gasteiger partial charge is 0.264 e. The van der Waals surface area contributed by atoms with Crippen molar-refractivity contribution in [3.8, 4) is 5.69 Å². The van der Waals surface area contributed by atoms with Gasteiger partial charge in [-0.05, 0) is 62.2 Å². The molecule has 180 valence electrons. The molecule has 1 heterocycles. The Morgan fingerprint density at radius 2 is 1.63 bits per heavy atom. The van der Waals surface area contributed by atoms with Crippen LogP contribution in [0.5, 0.6) is 0 Å². The maximum atomic E-state index is 13.5. The highest BCUT2D eigenvalue weighted by atomic mass is 32.2. The summed E-state index contributed by atoms with van der Waals surface area (Å²) >= 11 is 0. The minimum Gasteiger partial charge on any atom is -0.350 e. The molecule has 0 atom stereocenters. The molecule has 7 nitrogen and oxygen atoms in total. The van der Waals surface area contributed by atoms with Crippen LogP contribution in [0.25, 0.3) is 5.69 Å². The minimum absolute atomic E-state index is 0.143. The van der Waals surface area contributed by atoms with E-state index >= 15 is 0 Å². The van der Waals surface area contributed by atoms with Crippen molar-refractivity contribution in [2.75, 3.05) is 10.8 Å². The lowest BCUT2D eigenvalue weighted by Crippen LogP contribution is -2.41. The van der Waals surface area contributed by atoms with Crippen molar-refractivity contribution < 1.29 is 13.2 Å². The third-order valence-electron chi connectivity index (χ3n) is 5.81. The molecule has 0 saturated heterocycles. The number of amides is 1. The van der Waals surface area contributed by atoms with Gasteiger partial charge in [-0.3, -0.25) is 9.10 Å². The molecule has 0 aliphatic carbocycles. The van der Waals surface area contributed by atoms with Crippen molar-refractivity contribution in [3.63, 3.8) is 0 Å². The normalized spacial score (nSPS) is 11.3. The number of carbonyl (C=O) groups is 1. The predicted octanol–water partition coefficient (Wildman–Crippen LogP) is 4.31. The van der Waals surface area contributed by atoms with E-state index < -0.39 is 15.9 Å². The van der Waals surface area contributed by atoms with Crippen LogP contribution in [0, 0.1) is 20.8 Å². The van der Waals surface area contributed by atoms with Gasteiger partial charge in [-0.25, -0.2) is 13.4 Å². The Kier molecular flexibility index (Phi) is 7.02. The van der Waals surface area contributed by atoms with Gasteiger partial charge in [0.05, 0.1) is 10.6 Å². The zero-order valence-corrected chi connectivity index (χ0v) is 20.8. The first-order valence-corrected chi connectivity index (χ1v) is 12.7. The summed E-state index contributed by atoms with van der Waals surface area (Å²) in [7, 11) is -3.94. The molecule has 0 radical (unpaired) electrons. The van der Waals surface area contributed by atoms with E-state index in [1.807, 2.05) is 67.9 Å². The van der Waals surface area contributed by atoms with E-state index in [-0.39, 0.29) is 18.0 Å². The molecule has 0 aliphatic heterocycles. The zero-order chi connectivity index (χ0) is 25.0. The lowest BCUT2D eigenvalue weighted by Gasteiger charge is -2.25. The maximum absolute atomic E-state index is 13.5. The Balaban J connectivity index is 1.51. The Labute approximate surface area is 206 Å². The number of aryl methyl sites for hydroxylation is 3. The molecule has 0 spiro atoms. The van der Waals surface area contributed by atoms with Gasteiger partial charge in [-0.2, -0.15) is 0 Å². The number of hydrogen-bond donors (Lipinski definition) is 1. The Morgan fingerprint density at radius 3 is 2.26 bits per heavy atom. The first kappa shape index (κ1) is 24.2. The van der Waals surface area contributed by atoms with Gasteiger partial charge in [0, 0.05) is 24.6 Å². The standard InChI is InChI=1S/C27H28N4O3S/c1-20-8-14-25(15-9-20)35(33,34)31(26-7-5-4-6-21(26)2)19-27(32)29-18-23-10-12-24(13-11-23)30-17-16-28-22(30)3/h4-17H,18-19H2,1-3H3,(H,29,32). The van der Waals surface area contributed by atoms with Crippen molar-refractivity contribution in [2.45, 2.75) is 32.2 Å². The molecule has 3 aromatic carbocycles. The SMILES string of the molecule is Cc1ccc(S(=O)(=O)N(CC(=O)NCc2ccc(-n3ccnc3C)cc2)c2ccccc2C)cc1. The summed E-state index contributed by atoms with van der Waals surface area (Å²) in [4.78, 5) is 17.3. The van der Waals surface area contributed by atoms with Crippen LogP contribution < -0.4 is 9.62 Å². The molecule has 0 unspecified atom stereocenters. The molecule has 8 heteroatoms. The van der Waals surface area contributed by atoms with Gasteiger partial charge in [0.1, 0.15) is 12.4 Å². The number of anilines is 1. The number of hydrogen-bond acceptors (Lipinski definition) is 4. The Morgan fingerprint density at radius 1 is 0.943 bits per heavy atom. The van der Waals surface area contributed by atoms with Crippen LogP contribution in [0.15, 0.2) is 90.1 Å². The number of imidazole rings is 1. The largest absolute Gasteiger partial charge is 0.350 e. The van der Waals surface area contributed by atoms with Gasteiger partial charge < -0.3 is 9.88 Å². The van der Waals surface area contributed by atoms with Crippen LogP contribution in [0.3, 0.4) is 0 Å². The second kappa shape index (κ2) is 10.1. The highest BCUT2D eigenvalue weighted by Gasteiger charge is 2.28. The number of nitrogens with zero attached hydrogens (tertiary/aromatic N) is 3. The molecule has 0 fully saturated rings. The molecule has 0 aliphatic rings. The lowest BCUT2D eigenvalue weighted by atomic mass is 10.2. The summed E-state index contributed by atoms with van der Waals surface area (Å²) < 4.78 is 30.2. The van der Waals surface area contributed by atoms with E-state index in [1.54, 1.807) is 42.6 Å². The van der Waals surface area contributed by atoms with Crippen molar-refractivity contribution in [3.05, 3.63) is 108 Å². The fourth-order valence-corrected chi connectivity index (χ4v) is 5.28. The van der Waals surface area contributed by atoms with E-state index in [0.29, 0.717) is 5.69 Å². The molecular weight excluding hydrogens is 460 g/mol. The molecule has 1 aromatic heterocycles. The van der Waals surface area contributed by atoms with Crippen LogP contribution in [-0.2, 0) is 21.4 Å². The fraction of sp³-hybridized carbons (Fsp3) is 0.185. The summed E-state index contributed by atoms with van der Waals surface area (Å²) in [5, 5.41) is 2.85. The number of nitrogens with one attached hydrogen (secondary N) is 1. The average molecular weight is 489 g/mol. The predicted molar refractivity (Wildman–Crippen MR) is 137 cm³/mol. The highest BCUT2D eigenvalue weighted by Crippen LogP contribution is 2.26. The molecule has 1 amide bonds. The molecular formula is C27H28N4O3S. The average Bonchev–Trinajstić information content (AvgIpc) is 3.28. The van der Waals surface area contributed by atoms with Gasteiger partial charge >= 0.3 is 0 Å². The quantitative estimate of drug-likeness (QED) is 0.401. The second-order valence-electron chi connectivity index (χ2n) is 8.40. The Hall–Kier alpha value is -3.91. The molecule has 0 bridgehead atoms. The van der Waals surface area contributed by atoms with Crippen molar-refractivity contribution >= 4 is 21.6 Å². The summed E-state index contributed by atoms with van der Waals surface area (Å²) in [6.07, 6.45) is 3.63. The summed E-state index contributed by atoms with van der Waals surface area (Å²) in [6.45, 7) is 5.61. The number of rotatable bonds is 8. The fourth-order valence-electron chi connectivity index (χ4n) is 3.79. The maximum Gasteiger partial charge on any atom is 0.264 e. The number of benzene rings is 3. The molecule has 4 aromatic rings. The minimum atomic E-state index is -3.94. The first-order valence-electron chi connectivity index (χ1n) is 11.3. The van der Waals surface area contributed by atoms with Crippen LogP contribution >= 0.6 is 0 Å². The molecule has 0 saturated carbocycles. The lowest BCUT2D eigenvalue weighted by molar-refractivity contribution is -0.119. The first-order chi connectivity index (χ1) is 16.8. The van der Waals surface area contributed by atoms with E-state index in [0.717, 1.165) is 28.2 Å². The van der Waals surface area contributed by atoms with Gasteiger partial charge in [0.2, 0.25) is 5.91 Å². The van der Waals surface area contributed by atoms with Gasteiger partial charge in [-0.15, -0.1) is 0 Å². The monoisotopic (exact) mass is 488 g/mol. The topological polar surface area (TPSA) is 84.3 Å². The van der Waals surface area contributed by atoms with Gasteiger partial charge in [0.15, 0.2) is 0 Å². The van der Waals surface area contributed by atoms with E-state index in [2.05, 4.69) is 10.3 Å². The van der Waals surface area contributed by atoms with E-state index in [1.165, 1.54) is 4.31 Å². The van der Waals surface area contributed by atoms with Gasteiger partial charge in [0.25, 0.3) is 10.0 Å². The van der Waals surface area contributed by atoms with Crippen LogP contribution in [-0.4, -0.2) is 30.4 Å². The highest BCUT2D eigenvalue weighted by molar-refractivity contribution is 7.92. The summed E-state index contributed by atoms with van der Waals surface area (Å²) in [5.74, 6) is 0.496. The number of aromatic nitrogens is 2. The molecule has 4 rings (SSSR count). The zero-order valence-electron chi connectivity index (χ0n) is 20.0. The van der Waals surface area contributed by atoms with Crippen LogP contribution in [0.2, 0.25) is 0 Å². The number of sulfonamides is 1. The van der Waals surface area contributed by atoms with E-state index in [9.17, 15) is 13.2 Å². The third kappa shape index (κ3) is 5.44. The van der Waals surface area contributed by atoms with E-state index in [4.69, 9.17) is 0 Å². The van der Waals surface area contributed by atoms with Crippen molar-refractivity contribution in [1.82, 2.24) is 14.9 Å². The van der Waals surface area contributed by atoms with Crippen molar-refractivity contribution in [1.29, 1.82) is 0 Å².